The average Bonchev–Trinajstić information content (AvgIpc) is 3.12. The Hall–Kier alpha value is -2.07. The minimum atomic E-state index is 0.00864. The van der Waals surface area contributed by atoms with Gasteiger partial charge in [0.15, 0.2) is 5.76 Å². The van der Waals surface area contributed by atoms with E-state index in [1.165, 1.54) is 5.56 Å². The summed E-state index contributed by atoms with van der Waals surface area (Å²) in [6.45, 7) is 4.79. The second-order valence-electron chi connectivity index (χ2n) is 6.51. The standard InChI is InChI=1S/C20H26N2O2/c1-3-15-4-6-17(7-5-15)18-8-9-19(24-18)20(23)22-12-10-16(11-13-22)14-21-2/h4-9,16,21H,3,10-14H2,1-2H3. The van der Waals surface area contributed by atoms with Crippen molar-refractivity contribution >= 4 is 5.91 Å². The number of furan rings is 1. The van der Waals surface area contributed by atoms with Crippen molar-refractivity contribution in [3.63, 3.8) is 0 Å². The second kappa shape index (κ2) is 7.67. The molecule has 4 heteroatoms. The summed E-state index contributed by atoms with van der Waals surface area (Å²) in [5.74, 6) is 1.88. The van der Waals surface area contributed by atoms with Crippen LogP contribution in [0.4, 0.5) is 0 Å². The Balaban J connectivity index is 1.65. The van der Waals surface area contributed by atoms with E-state index in [2.05, 4.69) is 36.5 Å². The summed E-state index contributed by atoms with van der Waals surface area (Å²) in [5.41, 5.74) is 2.31. The van der Waals surface area contributed by atoms with E-state index in [9.17, 15) is 4.79 Å². The van der Waals surface area contributed by atoms with Gasteiger partial charge < -0.3 is 14.6 Å². The van der Waals surface area contributed by atoms with Gasteiger partial charge in [-0.3, -0.25) is 4.79 Å². The number of rotatable bonds is 5. The maximum atomic E-state index is 12.6. The topological polar surface area (TPSA) is 45.5 Å². The highest BCUT2D eigenvalue weighted by Crippen LogP contribution is 2.25. The molecule has 0 atom stereocenters. The van der Waals surface area contributed by atoms with Crippen LogP contribution in [0.15, 0.2) is 40.8 Å². The van der Waals surface area contributed by atoms with Crippen molar-refractivity contribution in [1.82, 2.24) is 10.2 Å². The fourth-order valence-corrected chi connectivity index (χ4v) is 3.30. The van der Waals surface area contributed by atoms with Gasteiger partial charge in [-0.25, -0.2) is 0 Å². The van der Waals surface area contributed by atoms with Crippen LogP contribution in [0, 0.1) is 5.92 Å². The first-order chi connectivity index (χ1) is 11.7. The fraction of sp³-hybridized carbons (Fsp3) is 0.450. The van der Waals surface area contributed by atoms with Crippen LogP contribution in [0.5, 0.6) is 0 Å². The van der Waals surface area contributed by atoms with Crippen molar-refractivity contribution in [3.05, 3.63) is 47.7 Å². The molecule has 0 saturated carbocycles. The van der Waals surface area contributed by atoms with Crippen LogP contribution in [0.1, 0.15) is 35.9 Å². The molecule has 0 radical (unpaired) electrons. The Labute approximate surface area is 143 Å². The van der Waals surface area contributed by atoms with Crippen LogP contribution in [0.25, 0.3) is 11.3 Å². The summed E-state index contributed by atoms with van der Waals surface area (Å²) < 4.78 is 5.83. The van der Waals surface area contributed by atoms with Gasteiger partial charge in [0, 0.05) is 18.7 Å². The molecule has 2 heterocycles. The molecule has 4 nitrogen and oxygen atoms in total. The van der Waals surface area contributed by atoms with Crippen LogP contribution in [-0.4, -0.2) is 37.5 Å². The van der Waals surface area contributed by atoms with Crippen LogP contribution in [-0.2, 0) is 6.42 Å². The predicted octanol–water partition coefficient (Wildman–Crippen LogP) is 3.58. The maximum Gasteiger partial charge on any atom is 0.289 e. The Morgan fingerprint density at radius 3 is 2.50 bits per heavy atom. The third-order valence-corrected chi connectivity index (χ3v) is 4.86. The molecule has 2 aromatic rings. The molecule has 0 spiro atoms. The smallest absolute Gasteiger partial charge is 0.289 e. The zero-order chi connectivity index (χ0) is 16.9. The molecule has 1 N–H and O–H groups in total. The van der Waals surface area contributed by atoms with Crippen LogP contribution < -0.4 is 5.32 Å². The third-order valence-electron chi connectivity index (χ3n) is 4.86. The molecule has 0 aliphatic carbocycles. The zero-order valence-corrected chi connectivity index (χ0v) is 14.5. The van der Waals surface area contributed by atoms with Gasteiger partial charge in [0.05, 0.1) is 0 Å². The number of benzene rings is 1. The summed E-state index contributed by atoms with van der Waals surface area (Å²) in [5, 5.41) is 3.22. The SMILES string of the molecule is CCc1ccc(-c2ccc(C(=O)N3CCC(CNC)CC3)o2)cc1. The van der Waals surface area contributed by atoms with E-state index in [1.807, 2.05) is 18.0 Å². The van der Waals surface area contributed by atoms with Gasteiger partial charge in [-0.1, -0.05) is 31.2 Å². The van der Waals surface area contributed by atoms with E-state index in [4.69, 9.17) is 4.42 Å². The molecule has 24 heavy (non-hydrogen) atoms. The van der Waals surface area contributed by atoms with E-state index in [1.54, 1.807) is 6.07 Å². The molecule has 0 unspecified atom stereocenters. The van der Waals surface area contributed by atoms with E-state index in [0.717, 1.165) is 50.2 Å². The number of carbonyl (C=O) groups excluding carboxylic acids is 1. The van der Waals surface area contributed by atoms with Gasteiger partial charge in [0.25, 0.3) is 5.91 Å². The lowest BCUT2D eigenvalue weighted by Crippen LogP contribution is -2.40. The zero-order valence-electron chi connectivity index (χ0n) is 14.5. The van der Waals surface area contributed by atoms with Crippen molar-refractivity contribution in [2.75, 3.05) is 26.7 Å². The highest BCUT2D eigenvalue weighted by atomic mass is 16.4. The molecule has 0 bridgehead atoms. The number of piperidine rings is 1. The molecule has 1 aliphatic heterocycles. The summed E-state index contributed by atoms with van der Waals surface area (Å²) in [6, 6.07) is 12.0. The fourth-order valence-electron chi connectivity index (χ4n) is 3.30. The van der Waals surface area contributed by atoms with Crippen molar-refractivity contribution in [3.8, 4) is 11.3 Å². The van der Waals surface area contributed by atoms with Gasteiger partial charge in [-0.2, -0.15) is 0 Å². The van der Waals surface area contributed by atoms with Crippen LogP contribution in [0.2, 0.25) is 0 Å². The molecule has 3 rings (SSSR count). The number of nitrogens with zero attached hydrogens (tertiary/aromatic N) is 1. The number of hydrogen-bond donors (Lipinski definition) is 1. The van der Waals surface area contributed by atoms with Crippen LogP contribution in [0.3, 0.4) is 0 Å². The Bertz CT molecular complexity index is 667. The van der Waals surface area contributed by atoms with Crippen LogP contribution >= 0.6 is 0 Å². The first kappa shape index (κ1) is 16.8. The van der Waals surface area contributed by atoms with Gasteiger partial charge in [-0.05, 0) is 56.5 Å². The van der Waals surface area contributed by atoms with Crippen molar-refractivity contribution in [2.45, 2.75) is 26.2 Å². The number of aryl methyl sites for hydroxylation is 1. The first-order valence-corrected chi connectivity index (χ1v) is 8.84. The minimum Gasteiger partial charge on any atom is -0.451 e. The molecule has 1 fully saturated rings. The largest absolute Gasteiger partial charge is 0.451 e. The summed E-state index contributed by atoms with van der Waals surface area (Å²) >= 11 is 0. The normalized spacial score (nSPS) is 15.7. The molecule has 1 amide bonds. The summed E-state index contributed by atoms with van der Waals surface area (Å²) in [7, 11) is 1.98. The van der Waals surface area contributed by atoms with Gasteiger partial charge in [0.1, 0.15) is 5.76 Å². The quantitative estimate of drug-likeness (QED) is 0.913. The third kappa shape index (κ3) is 3.70. The van der Waals surface area contributed by atoms with Crippen molar-refractivity contribution in [2.24, 2.45) is 5.92 Å². The van der Waals surface area contributed by atoms with E-state index in [0.29, 0.717) is 11.7 Å². The van der Waals surface area contributed by atoms with Crippen molar-refractivity contribution in [1.29, 1.82) is 0 Å². The first-order valence-electron chi connectivity index (χ1n) is 8.84. The highest BCUT2D eigenvalue weighted by molar-refractivity contribution is 5.92. The lowest BCUT2D eigenvalue weighted by molar-refractivity contribution is 0.0660. The monoisotopic (exact) mass is 326 g/mol. The Morgan fingerprint density at radius 1 is 1.17 bits per heavy atom. The summed E-state index contributed by atoms with van der Waals surface area (Å²) in [6.07, 6.45) is 3.13. The second-order valence-corrected chi connectivity index (χ2v) is 6.51. The van der Waals surface area contributed by atoms with E-state index in [-0.39, 0.29) is 5.91 Å². The predicted molar refractivity (Wildman–Crippen MR) is 96.1 cm³/mol. The number of nitrogens with one attached hydrogen (secondary N) is 1. The average molecular weight is 326 g/mol. The lowest BCUT2D eigenvalue weighted by Gasteiger charge is -2.31. The molecule has 1 aromatic heterocycles. The van der Waals surface area contributed by atoms with E-state index >= 15 is 0 Å². The summed E-state index contributed by atoms with van der Waals surface area (Å²) in [4.78, 5) is 14.5. The number of hydrogen-bond acceptors (Lipinski definition) is 3. The van der Waals surface area contributed by atoms with Gasteiger partial charge in [-0.15, -0.1) is 0 Å². The maximum absolute atomic E-state index is 12.6. The number of carbonyl (C=O) groups is 1. The minimum absolute atomic E-state index is 0.00864. The molecule has 1 aliphatic rings. The van der Waals surface area contributed by atoms with Crippen molar-refractivity contribution < 1.29 is 9.21 Å². The molecule has 1 aromatic carbocycles. The van der Waals surface area contributed by atoms with Gasteiger partial charge >= 0.3 is 0 Å². The Morgan fingerprint density at radius 2 is 1.88 bits per heavy atom. The van der Waals surface area contributed by atoms with Gasteiger partial charge in [0.2, 0.25) is 0 Å². The molecular formula is C20H26N2O2. The van der Waals surface area contributed by atoms with E-state index < -0.39 is 0 Å². The number of amides is 1. The highest BCUT2D eigenvalue weighted by Gasteiger charge is 2.25. The molecular weight excluding hydrogens is 300 g/mol. The molecule has 1 saturated heterocycles. The molecule has 128 valence electrons. The number of likely N-dealkylation sites (tertiary alicyclic amines) is 1. The lowest BCUT2D eigenvalue weighted by atomic mass is 9.97. The Kier molecular flexibility index (Phi) is 5.36.